The van der Waals surface area contributed by atoms with Crippen LogP contribution in [0.4, 0.5) is 0 Å². The van der Waals surface area contributed by atoms with Crippen molar-refractivity contribution in [3.8, 4) is 0 Å². The fourth-order valence-corrected chi connectivity index (χ4v) is 2.87. The molecule has 1 heteroatoms. The molecule has 1 fully saturated rings. The summed E-state index contributed by atoms with van der Waals surface area (Å²) in [6.45, 7) is 2.34. The second-order valence-corrected chi connectivity index (χ2v) is 5.94. The summed E-state index contributed by atoms with van der Waals surface area (Å²) in [5.41, 5.74) is 5.41. The first-order valence-electron chi connectivity index (χ1n) is 8.02. The van der Waals surface area contributed by atoms with Crippen molar-refractivity contribution in [2.45, 2.75) is 12.8 Å². The van der Waals surface area contributed by atoms with Gasteiger partial charge in [-0.05, 0) is 36.6 Å². The van der Waals surface area contributed by atoms with Gasteiger partial charge in [-0.25, -0.2) is 0 Å². The third-order valence-electron chi connectivity index (χ3n) is 4.28. The standard InChI is InChI=1S/C21H23N/c1-22-16-14-18(15-17-22)12-13-21(19-8-4-2-5-9-19)20-10-6-3-7-11-20/h2-13H,14-17H2,1H3. The Morgan fingerprint density at radius 2 is 1.32 bits per heavy atom. The molecule has 0 spiro atoms. The number of hydrogen-bond acceptors (Lipinski definition) is 1. The van der Waals surface area contributed by atoms with Crippen molar-refractivity contribution in [1.82, 2.24) is 4.90 Å². The second-order valence-electron chi connectivity index (χ2n) is 5.94. The number of rotatable bonds is 3. The van der Waals surface area contributed by atoms with Gasteiger partial charge >= 0.3 is 0 Å². The largest absolute Gasteiger partial charge is 0.306 e. The van der Waals surface area contributed by atoms with E-state index in [1.807, 2.05) is 0 Å². The molecule has 22 heavy (non-hydrogen) atoms. The molecular weight excluding hydrogens is 266 g/mol. The zero-order valence-electron chi connectivity index (χ0n) is 13.2. The Morgan fingerprint density at radius 1 is 0.818 bits per heavy atom. The van der Waals surface area contributed by atoms with Crippen LogP contribution in [-0.2, 0) is 0 Å². The van der Waals surface area contributed by atoms with Crippen molar-refractivity contribution in [2.75, 3.05) is 20.1 Å². The van der Waals surface area contributed by atoms with Gasteiger partial charge in [0.05, 0.1) is 0 Å². The van der Waals surface area contributed by atoms with Crippen LogP contribution in [0.3, 0.4) is 0 Å². The highest BCUT2D eigenvalue weighted by molar-refractivity contribution is 5.80. The first-order valence-corrected chi connectivity index (χ1v) is 8.02. The lowest BCUT2D eigenvalue weighted by Crippen LogP contribution is -2.26. The molecule has 0 N–H and O–H groups in total. The minimum atomic E-state index is 1.17. The topological polar surface area (TPSA) is 3.24 Å². The highest BCUT2D eigenvalue weighted by Gasteiger charge is 2.09. The molecule has 0 bridgehead atoms. The van der Waals surface area contributed by atoms with Crippen LogP contribution in [0.2, 0.25) is 0 Å². The average molecular weight is 289 g/mol. The van der Waals surface area contributed by atoms with Gasteiger partial charge in [-0.3, -0.25) is 0 Å². The van der Waals surface area contributed by atoms with Crippen molar-refractivity contribution in [3.05, 3.63) is 89.5 Å². The van der Waals surface area contributed by atoms with Crippen LogP contribution in [0.1, 0.15) is 24.0 Å². The predicted octanol–water partition coefficient (Wildman–Crippen LogP) is 4.77. The highest BCUT2D eigenvalue weighted by atomic mass is 15.1. The van der Waals surface area contributed by atoms with E-state index in [0.717, 1.165) is 0 Å². The predicted molar refractivity (Wildman–Crippen MR) is 94.8 cm³/mol. The molecule has 1 saturated heterocycles. The van der Waals surface area contributed by atoms with Gasteiger partial charge in [-0.15, -0.1) is 0 Å². The zero-order chi connectivity index (χ0) is 15.2. The smallest absolute Gasteiger partial charge is 0.00158 e. The number of hydrogen-bond donors (Lipinski definition) is 0. The summed E-state index contributed by atoms with van der Waals surface area (Å²) in [5.74, 6) is 0. The Hall–Kier alpha value is -2.12. The van der Waals surface area contributed by atoms with E-state index in [4.69, 9.17) is 0 Å². The van der Waals surface area contributed by atoms with E-state index in [9.17, 15) is 0 Å². The van der Waals surface area contributed by atoms with Gasteiger partial charge in [0.2, 0.25) is 0 Å². The van der Waals surface area contributed by atoms with Crippen LogP contribution in [0, 0.1) is 0 Å². The van der Waals surface area contributed by atoms with Crippen molar-refractivity contribution in [3.63, 3.8) is 0 Å². The number of allylic oxidation sites excluding steroid dienone is 2. The van der Waals surface area contributed by atoms with Crippen molar-refractivity contribution >= 4 is 5.57 Å². The first-order chi connectivity index (χ1) is 10.8. The van der Waals surface area contributed by atoms with Gasteiger partial charge in [0, 0.05) is 13.1 Å². The fraction of sp³-hybridized carbons (Fsp3) is 0.238. The Balaban J connectivity index is 1.92. The van der Waals surface area contributed by atoms with E-state index in [-0.39, 0.29) is 0 Å². The van der Waals surface area contributed by atoms with E-state index in [0.29, 0.717) is 0 Å². The number of likely N-dealkylation sites (tertiary alicyclic amines) is 1. The molecule has 0 saturated carbocycles. The van der Waals surface area contributed by atoms with Gasteiger partial charge in [-0.1, -0.05) is 78.4 Å². The maximum Gasteiger partial charge on any atom is 0.00158 e. The number of nitrogens with zero attached hydrogens (tertiary/aromatic N) is 1. The van der Waals surface area contributed by atoms with E-state index in [1.165, 1.54) is 42.6 Å². The summed E-state index contributed by atoms with van der Waals surface area (Å²) < 4.78 is 0. The molecule has 2 aromatic rings. The Labute approximate surface area is 133 Å². The van der Waals surface area contributed by atoms with Crippen LogP contribution < -0.4 is 0 Å². The Kier molecular flexibility index (Phi) is 4.87. The lowest BCUT2D eigenvalue weighted by molar-refractivity contribution is 0.312. The van der Waals surface area contributed by atoms with Crippen LogP contribution in [-0.4, -0.2) is 25.0 Å². The molecule has 0 amide bonds. The molecule has 0 aromatic heterocycles. The maximum atomic E-state index is 2.40. The number of benzene rings is 2. The molecule has 112 valence electrons. The molecule has 0 atom stereocenters. The van der Waals surface area contributed by atoms with Crippen LogP contribution in [0.15, 0.2) is 78.4 Å². The third kappa shape index (κ3) is 3.75. The molecule has 0 radical (unpaired) electrons. The molecule has 1 aliphatic rings. The monoisotopic (exact) mass is 289 g/mol. The molecule has 2 aromatic carbocycles. The Bertz CT molecular complexity index is 601. The highest BCUT2D eigenvalue weighted by Crippen LogP contribution is 2.24. The fourth-order valence-electron chi connectivity index (χ4n) is 2.87. The maximum absolute atomic E-state index is 2.40. The van der Waals surface area contributed by atoms with E-state index in [1.54, 1.807) is 5.57 Å². The van der Waals surface area contributed by atoms with Gasteiger partial charge in [0.15, 0.2) is 0 Å². The SMILES string of the molecule is CN1CCC(=CC=C(c2ccccc2)c2ccccc2)CC1. The minimum Gasteiger partial charge on any atom is -0.306 e. The van der Waals surface area contributed by atoms with Crippen molar-refractivity contribution < 1.29 is 0 Å². The van der Waals surface area contributed by atoms with Gasteiger partial charge in [-0.2, -0.15) is 0 Å². The summed E-state index contributed by atoms with van der Waals surface area (Å²) in [7, 11) is 2.20. The van der Waals surface area contributed by atoms with E-state index >= 15 is 0 Å². The molecule has 1 nitrogen and oxygen atoms in total. The minimum absolute atomic E-state index is 1.17. The molecule has 0 aliphatic carbocycles. The molecule has 1 aliphatic heterocycles. The molecule has 3 rings (SSSR count). The lowest BCUT2D eigenvalue weighted by Gasteiger charge is -2.23. The summed E-state index contributed by atoms with van der Waals surface area (Å²) in [6, 6.07) is 21.3. The summed E-state index contributed by atoms with van der Waals surface area (Å²) >= 11 is 0. The van der Waals surface area contributed by atoms with Crippen LogP contribution in [0.25, 0.3) is 5.57 Å². The molecular formula is C21H23N. The van der Waals surface area contributed by atoms with E-state index in [2.05, 4.69) is 84.8 Å². The van der Waals surface area contributed by atoms with Crippen molar-refractivity contribution in [1.29, 1.82) is 0 Å². The van der Waals surface area contributed by atoms with Crippen LogP contribution in [0.5, 0.6) is 0 Å². The second kappa shape index (κ2) is 7.24. The average Bonchev–Trinajstić information content (AvgIpc) is 2.59. The molecule has 1 heterocycles. The summed E-state index contributed by atoms with van der Waals surface area (Å²) in [6.07, 6.45) is 7.00. The van der Waals surface area contributed by atoms with E-state index < -0.39 is 0 Å². The van der Waals surface area contributed by atoms with Crippen LogP contribution >= 0.6 is 0 Å². The van der Waals surface area contributed by atoms with Gasteiger partial charge in [0.1, 0.15) is 0 Å². The summed E-state index contributed by atoms with van der Waals surface area (Å²) in [5, 5.41) is 0. The molecule has 0 unspecified atom stereocenters. The quantitative estimate of drug-likeness (QED) is 0.786. The van der Waals surface area contributed by atoms with Crippen molar-refractivity contribution in [2.24, 2.45) is 0 Å². The lowest BCUT2D eigenvalue weighted by atomic mass is 9.96. The Morgan fingerprint density at radius 3 is 1.82 bits per heavy atom. The van der Waals surface area contributed by atoms with Gasteiger partial charge in [0.25, 0.3) is 0 Å². The van der Waals surface area contributed by atoms with Gasteiger partial charge < -0.3 is 4.90 Å². The zero-order valence-corrected chi connectivity index (χ0v) is 13.2. The normalized spacial score (nSPS) is 15.4. The first kappa shape index (κ1) is 14.8. The number of piperidine rings is 1. The summed E-state index contributed by atoms with van der Waals surface area (Å²) in [4.78, 5) is 2.40. The third-order valence-corrected chi connectivity index (χ3v) is 4.28.